The van der Waals surface area contributed by atoms with Crippen LogP contribution in [-0.4, -0.2) is 18.2 Å². The van der Waals surface area contributed by atoms with E-state index < -0.39 is 0 Å². The summed E-state index contributed by atoms with van der Waals surface area (Å²) in [5, 5.41) is 9.90. The Morgan fingerprint density at radius 2 is 1.88 bits per heavy atom. The molecule has 0 saturated heterocycles. The average molecular weight is 401 g/mol. The van der Waals surface area contributed by atoms with Crippen LogP contribution in [0.1, 0.15) is 47.2 Å². The maximum Gasteiger partial charge on any atom is 0.337 e. The Morgan fingerprint density at radius 1 is 1.16 bits per heavy atom. The van der Waals surface area contributed by atoms with E-state index in [1.807, 2.05) is 12.1 Å². The zero-order valence-corrected chi connectivity index (χ0v) is 15.8. The molecule has 0 amide bonds. The number of phenols is 1. The van der Waals surface area contributed by atoms with E-state index in [2.05, 4.69) is 40.2 Å². The van der Waals surface area contributed by atoms with E-state index >= 15 is 0 Å². The molecule has 4 heteroatoms. The van der Waals surface area contributed by atoms with Crippen LogP contribution in [0.2, 0.25) is 0 Å². The Labute approximate surface area is 156 Å². The van der Waals surface area contributed by atoms with Gasteiger partial charge in [0, 0.05) is 5.41 Å². The molecule has 0 aromatic heterocycles. The minimum absolute atomic E-state index is 0.0339. The van der Waals surface area contributed by atoms with Gasteiger partial charge in [0.25, 0.3) is 0 Å². The number of halogens is 1. The first-order valence-corrected chi connectivity index (χ1v) is 9.51. The third-order valence-corrected chi connectivity index (χ3v) is 6.77. The Hall–Kier alpha value is -1.81. The number of hydrogen-bond acceptors (Lipinski definition) is 3. The lowest BCUT2D eigenvalue weighted by atomic mass is 9.64. The minimum Gasteiger partial charge on any atom is -0.507 e. The van der Waals surface area contributed by atoms with Crippen LogP contribution in [0.5, 0.6) is 5.75 Å². The number of hydrogen-bond donors (Lipinski definition) is 1. The standard InChI is InChI=1S/C21H21BrO3/c1-25-20(24)14-3-6-15(7-4-14)21(12-13-2-5-16(21)10-13)17-8-9-19(23)18(22)11-17/h3-4,6-9,11,13,16,23H,2,5,10,12H2,1H3. The summed E-state index contributed by atoms with van der Waals surface area (Å²) >= 11 is 3.47. The molecule has 1 N–H and O–H groups in total. The summed E-state index contributed by atoms with van der Waals surface area (Å²) in [6, 6.07) is 13.8. The van der Waals surface area contributed by atoms with Gasteiger partial charge >= 0.3 is 5.97 Å². The summed E-state index contributed by atoms with van der Waals surface area (Å²) < 4.78 is 5.55. The maximum absolute atomic E-state index is 11.7. The van der Waals surface area contributed by atoms with Gasteiger partial charge in [0.1, 0.15) is 5.75 Å². The summed E-state index contributed by atoms with van der Waals surface area (Å²) in [4.78, 5) is 11.7. The molecule has 0 spiro atoms. The molecule has 2 bridgehead atoms. The number of ether oxygens (including phenoxy) is 1. The molecule has 2 fully saturated rings. The predicted octanol–water partition coefficient (Wildman–Crippen LogP) is 5.05. The highest BCUT2D eigenvalue weighted by Gasteiger charge is 2.52. The van der Waals surface area contributed by atoms with Crippen molar-refractivity contribution in [2.45, 2.75) is 31.1 Å². The lowest BCUT2D eigenvalue weighted by Gasteiger charge is -2.39. The van der Waals surface area contributed by atoms with Crippen LogP contribution in [0.3, 0.4) is 0 Å². The smallest absolute Gasteiger partial charge is 0.337 e. The van der Waals surface area contributed by atoms with Gasteiger partial charge in [-0.1, -0.05) is 24.6 Å². The van der Waals surface area contributed by atoms with Gasteiger partial charge in [0.15, 0.2) is 0 Å². The van der Waals surface area contributed by atoms with Crippen LogP contribution in [-0.2, 0) is 10.2 Å². The van der Waals surface area contributed by atoms with Crippen LogP contribution >= 0.6 is 15.9 Å². The van der Waals surface area contributed by atoms with Crippen LogP contribution in [0.4, 0.5) is 0 Å². The topological polar surface area (TPSA) is 46.5 Å². The number of phenolic OH excluding ortho intramolecular Hbond substituents is 1. The van der Waals surface area contributed by atoms with Gasteiger partial charge in [-0.15, -0.1) is 0 Å². The fourth-order valence-corrected chi connectivity index (χ4v) is 5.39. The third kappa shape index (κ3) is 2.58. The highest BCUT2D eigenvalue weighted by Crippen LogP contribution is 2.60. The van der Waals surface area contributed by atoms with Gasteiger partial charge in [-0.2, -0.15) is 0 Å². The SMILES string of the molecule is COC(=O)c1ccc(C2(c3ccc(O)c(Br)c3)CC3CCC2C3)cc1. The van der Waals surface area contributed by atoms with Crippen molar-refractivity contribution in [2.24, 2.45) is 11.8 Å². The number of carbonyl (C=O) groups excluding carboxylic acids is 1. The van der Waals surface area contributed by atoms with E-state index in [-0.39, 0.29) is 17.1 Å². The molecule has 4 rings (SSSR count). The normalized spacial score (nSPS) is 27.4. The van der Waals surface area contributed by atoms with Crippen molar-refractivity contribution in [2.75, 3.05) is 7.11 Å². The van der Waals surface area contributed by atoms with Crippen molar-refractivity contribution in [3.8, 4) is 5.75 Å². The summed E-state index contributed by atoms with van der Waals surface area (Å²) in [6.45, 7) is 0. The second-order valence-electron chi connectivity index (χ2n) is 7.29. The second-order valence-corrected chi connectivity index (χ2v) is 8.14. The molecule has 25 heavy (non-hydrogen) atoms. The van der Waals surface area contributed by atoms with Crippen LogP contribution < -0.4 is 0 Å². The zero-order chi connectivity index (χ0) is 17.6. The van der Waals surface area contributed by atoms with Crippen molar-refractivity contribution < 1.29 is 14.6 Å². The molecule has 0 aliphatic heterocycles. The Morgan fingerprint density at radius 3 is 2.44 bits per heavy atom. The lowest BCUT2D eigenvalue weighted by Crippen LogP contribution is -2.34. The molecule has 3 nitrogen and oxygen atoms in total. The van der Waals surface area contributed by atoms with Crippen molar-refractivity contribution in [3.05, 3.63) is 63.6 Å². The van der Waals surface area contributed by atoms with E-state index in [1.54, 1.807) is 6.07 Å². The van der Waals surface area contributed by atoms with Gasteiger partial charge < -0.3 is 9.84 Å². The Bertz CT molecular complexity index is 814. The number of fused-ring (bicyclic) bond motifs is 2. The fraction of sp³-hybridized carbons (Fsp3) is 0.381. The number of esters is 1. The summed E-state index contributed by atoms with van der Waals surface area (Å²) in [5.74, 6) is 1.33. The molecule has 2 aromatic rings. The molecule has 130 valence electrons. The zero-order valence-electron chi connectivity index (χ0n) is 14.2. The van der Waals surface area contributed by atoms with E-state index in [0.29, 0.717) is 11.5 Å². The third-order valence-electron chi connectivity index (χ3n) is 6.13. The predicted molar refractivity (Wildman–Crippen MR) is 99.8 cm³/mol. The molecule has 2 aliphatic carbocycles. The molecule has 0 radical (unpaired) electrons. The van der Waals surface area contributed by atoms with Crippen LogP contribution in [0.15, 0.2) is 46.9 Å². The van der Waals surface area contributed by atoms with Gasteiger partial charge in [-0.05, 0) is 82.4 Å². The van der Waals surface area contributed by atoms with Crippen LogP contribution in [0, 0.1) is 11.8 Å². The molecule has 2 saturated carbocycles. The largest absolute Gasteiger partial charge is 0.507 e. The molecule has 3 unspecified atom stereocenters. The number of rotatable bonds is 3. The van der Waals surface area contributed by atoms with Crippen molar-refractivity contribution in [3.63, 3.8) is 0 Å². The molecule has 2 aliphatic rings. The minimum atomic E-state index is -0.305. The van der Waals surface area contributed by atoms with Crippen molar-refractivity contribution in [1.82, 2.24) is 0 Å². The monoisotopic (exact) mass is 400 g/mol. The molecule has 3 atom stereocenters. The Balaban J connectivity index is 1.82. The first kappa shape index (κ1) is 16.6. The highest BCUT2D eigenvalue weighted by molar-refractivity contribution is 9.10. The molecule has 2 aromatic carbocycles. The summed E-state index contributed by atoms with van der Waals surface area (Å²) in [5.41, 5.74) is 3.05. The quantitative estimate of drug-likeness (QED) is 0.733. The number of aromatic hydroxyl groups is 1. The van der Waals surface area contributed by atoms with Crippen LogP contribution in [0.25, 0.3) is 0 Å². The number of carbonyl (C=O) groups is 1. The second kappa shape index (κ2) is 6.17. The maximum atomic E-state index is 11.7. The van der Waals surface area contributed by atoms with Crippen molar-refractivity contribution in [1.29, 1.82) is 0 Å². The van der Waals surface area contributed by atoms with Gasteiger partial charge in [0.05, 0.1) is 17.1 Å². The van der Waals surface area contributed by atoms with E-state index in [0.717, 1.165) is 16.8 Å². The van der Waals surface area contributed by atoms with Gasteiger partial charge in [0.2, 0.25) is 0 Å². The van der Waals surface area contributed by atoms with Gasteiger partial charge in [-0.3, -0.25) is 0 Å². The Kier molecular flexibility index (Phi) is 4.11. The molecular weight excluding hydrogens is 380 g/mol. The van der Waals surface area contributed by atoms with E-state index in [1.165, 1.54) is 37.5 Å². The number of benzene rings is 2. The van der Waals surface area contributed by atoms with E-state index in [4.69, 9.17) is 4.74 Å². The van der Waals surface area contributed by atoms with E-state index in [9.17, 15) is 9.90 Å². The van der Waals surface area contributed by atoms with Gasteiger partial charge in [-0.25, -0.2) is 4.79 Å². The average Bonchev–Trinajstić information content (AvgIpc) is 3.25. The number of methoxy groups -OCH3 is 1. The molecule has 0 heterocycles. The first-order chi connectivity index (χ1) is 12.0. The lowest BCUT2D eigenvalue weighted by molar-refractivity contribution is 0.0600. The first-order valence-electron chi connectivity index (χ1n) is 8.72. The fourth-order valence-electron chi connectivity index (χ4n) is 5.01. The summed E-state index contributed by atoms with van der Waals surface area (Å²) in [7, 11) is 1.40. The molecular formula is C21H21BrO3. The van der Waals surface area contributed by atoms with Crippen molar-refractivity contribution >= 4 is 21.9 Å². The summed E-state index contributed by atoms with van der Waals surface area (Å²) in [6.07, 6.45) is 4.94. The highest BCUT2D eigenvalue weighted by atomic mass is 79.9.